The van der Waals surface area contributed by atoms with Gasteiger partial charge in [0.05, 0.1) is 0 Å². The predicted octanol–water partition coefficient (Wildman–Crippen LogP) is 2.22. The third-order valence-corrected chi connectivity index (χ3v) is 2.38. The summed E-state index contributed by atoms with van der Waals surface area (Å²) in [6, 6.07) is 0. The van der Waals surface area contributed by atoms with Crippen LogP contribution in [0.5, 0.6) is 0 Å². The highest BCUT2D eigenvalue weighted by molar-refractivity contribution is 5.75. The van der Waals surface area contributed by atoms with Gasteiger partial charge in [-0.05, 0) is 32.1 Å². The van der Waals surface area contributed by atoms with E-state index in [4.69, 9.17) is 0 Å². The Balaban J connectivity index is 2.62. The fraction of sp³-hybridized carbons (Fsp3) is 0.700. The lowest BCUT2D eigenvalue weighted by atomic mass is 9.89. The van der Waals surface area contributed by atoms with Gasteiger partial charge in [0.2, 0.25) is 5.91 Å². The van der Waals surface area contributed by atoms with E-state index in [9.17, 15) is 4.79 Å². The number of carbonyl (C=O) groups is 1. The summed E-state index contributed by atoms with van der Waals surface area (Å²) in [4.78, 5) is 10.8. The maximum absolute atomic E-state index is 10.8. The molecule has 0 aromatic carbocycles. The van der Waals surface area contributed by atoms with Crippen molar-refractivity contribution in [2.45, 2.75) is 40.0 Å². The van der Waals surface area contributed by atoms with Gasteiger partial charge < -0.3 is 5.32 Å². The summed E-state index contributed by atoms with van der Waals surface area (Å²) < 4.78 is 0. The topological polar surface area (TPSA) is 29.1 Å². The first-order chi connectivity index (χ1) is 5.59. The molecule has 0 aromatic rings. The Morgan fingerprint density at radius 2 is 2.25 bits per heavy atom. The van der Waals surface area contributed by atoms with Crippen LogP contribution in [0.4, 0.5) is 0 Å². The van der Waals surface area contributed by atoms with Crippen LogP contribution in [-0.2, 0) is 4.79 Å². The lowest BCUT2D eigenvalue weighted by Crippen LogP contribution is -2.23. The molecule has 1 N–H and O–H groups in total. The van der Waals surface area contributed by atoms with Crippen molar-refractivity contribution in [2.24, 2.45) is 5.92 Å². The van der Waals surface area contributed by atoms with Crippen molar-refractivity contribution < 1.29 is 4.79 Å². The highest BCUT2D eigenvalue weighted by Gasteiger charge is 2.15. The van der Waals surface area contributed by atoms with Crippen LogP contribution in [0, 0.1) is 5.92 Å². The third-order valence-electron chi connectivity index (χ3n) is 2.38. The van der Waals surface area contributed by atoms with Crippen LogP contribution >= 0.6 is 0 Å². The zero-order valence-electron chi connectivity index (χ0n) is 8.11. The maximum Gasteiger partial charge on any atom is 0.220 e. The Bertz CT molecular complexity index is 218. The van der Waals surface area contributed by atoms with E-state index in [0.717, 1.165) is 24.5 Å². The molecule has 1 atom stereocenters. The molecule has 2 heteroatoms. The van der Waals surface area contributed by atoms with Gasteiger partial charge in [0.1, 0.15) is 0 Å². The van der Waals surface area contributed by atoms with E-state index in [-0.39, 0.29) is 5.91 Å². The SMILES string of the molecule is CC(=O)NC1=C(C)CC(C)CC1. The molecule has 1 rings (SSSR count). The Kier molecular flexibility index (Phi) is 2.90. The van der Waals surface area contributed by atoms with E-state index in [0.29, 0.717) is 0 Å². The molecule has 1 aliphatic carbocycles. The fourth-order valence-electron chi connectivity index (χ4n) is 1.73. The number of hydrogen-bond acceptors (Lipinski definition) is 1. The first kappa shape index (κ1) is 9.30. The summed E-state index contributed by atoms with van der Waals surface area (Å²) in [6.45, 7) is 5.94. The van der Waals surface area contributed by atoms with Gasteiger partial charge in [-0.15, -0.1) is 0 Å². The third kappa shape index (κ3) is 2.36. The second-order valence-electron chi connectivity index (χ2n) is 3.79. The smallest absolute Gasteiger partial charge is 0.220 e. The van der Waals surface area contributed by atoms with E-state index in [2.05, 4.69) is 19.2 Å². The van der Waals surface area contributed by atoms with E-state index in [1.807, 2.05) is 0 Å². The highest BCUT2D eigenvalue weighted by Crippen LogP contribution is 2.26. The number of carbonyl (C=O) groups excluding carboxylic acids is 1. The standard InChI is InChI=1S/C10H17NO/c1-7-4-5-10(8(2)6-7)11-9(3)12/h7H,4-6H2,1-3H3,(H,11,12). The maximum atomic E-state index is 10.8. The molecule has 2 nitrogen and oxygen atoms in total. The van der Waals surface area contributed by atoms with Crippen LogP contribution in [0.2, 0.25) is 0 Å². The summed E-state index contributed by atoms with van der Waals surface area (Å²) in [7, 11) is 0. The molecule has 0 aromatic heterocycles. The van der Waals surface area contributed by atoms with Crippen molar-refractivity contribution in [1.29, 1.82) is 0 Å². The summed E-state index contributed by atoms with van der Waals surface area (Å²) in [5, 5.41) is 2.89. The normalized spacial score (nSPS) is 24.1. The van der Waals surface area contributed by atoms with E-state index < -0.39 is 0 Å². The Morgan fingerprint density at radius 3 is 2.75 bits per heavy atom. The van der Waals surface area contributed by atoms with Crippen molar-refractivity contribution in [1.82, 2.24) is 5.32 Å². The first-order valence-electron chi connectivity index (χ1n) is 4.56. The molecule has 12 heavy (non-hydrogen) atoms. The molecule has 0 aliphatic heterocycles. The molecule has 1 amide bonds. The molecule has 0 saturated carbocycles. The molecular weight excluding hydrogens is 150 g/mol. The number of amides is 1. The van der Waals surface area contributed by atoms with Gasteiger partial charge in [-0.1, -0.05) is 12.5 Å². The zero-order chi connectivity index (χ0) is 9.14. The van der Waals surface area contributed by atoms with Crippen LogP contribution in [0.15, 0.2) is 11.3 Å². The zero-order valence-corrected chi connectivity index (χ0v) is 8.11. The van der Waals surface area contributed by atoms with Crippen LogP contribution in [-0.4, -0.2) is 5.91 Å². The lowest BCUT2D eigenvalue weighted by molar-refractivity contribution is -0.118. The summed E-state index contributed by atoms with van der Waals surface area (Å²) >= 11 is 0. The van der Waals surface area contributed by atoms with Crippen molar-refractivity contribution in [3.05, 3.63) is 11.3 Å². The van der Waals surface area contributed by atoms with Crippen molar-refractivity contribution in [2.75, 3.05) is 0 Å². The second kappa shape index (κ2) is 3.74. The average molecular weight is 167 g/mol. The molecule has 0 spiro atoms. The van der Waals surface area contributed by atoms with Crippen molar-refractivity contribution in [3.8, 4) is 0 Å². The number of nitrogens with one attached hydrogen (secondary N) is 1. The van der Waals surface area contributed by atoms with Gasteiger partial charge >= 0.3 is 0 Å². The van der Waals surface area contributed by atoms with Gasteiger partial charge in [0.15, 0.2) is 0 Å². The minimum Gasteiger partial charge on any atom is -0.330 e. The van der Waals surface area contributed by atoms with E-state index >= 15 is 0 Å². The second-order valence-corrected chi connectivity index (χ2v) is 3.79. The number of allylic oxidation sites excluding steroid dienone is 2. The number of rotatable bonds is 1. The molecular formula is C10H17NO. The number of hydrogen-bond donors (Lipinski definition) is 1. The summed E-state index contributed by atoms with van der Waals surface area (Å²) in [5.74, 6) is 0.835. The quantitative estimate of drug-likeness (QED) is 0.637. The molecule has 0 heterocycles. The van der Waals surface area contributed by atoms with Crippen LogP contribution in [0.25, 0.3) is 0 Å². The molecule has 0 fully saturated rings. The molecule has 1 aliphatic rings. The van der Waals surface area contributed by atoms with Gasteiger partial charge in [0.25, 0.3) is 0 Å². The highest BCUT2D eigenvalue weighted by atomic mass is 16.1. The van der Waals surface area contributed by atoms with Gasteiger partial charge in [-0.25, -0.2) is 0 Å². The Hall–Kier alpha value is -0.790. The lowest BCUT2D eigenvalue weighted by Gasteiger charge is -2.22. The van der Waals surface area contributed by atoms with Gasteiger partial charge in [-0.3, -0.25) is 4.79 Å². The summed E-state index contributed by atoms with van der Waals surface area (Å²) in [6.07, 6.45) is 3.37. The van der Waals surface area contributed by atoms with E-state index in [1.54, 1.807) is 6.92 Å². The minimum absolute atomic E-state index is 0.0545. The Morgan fingerprint density at radius 1 is 1.58 bits per heavy atom. The first-order valence-corrected chi connectivity index (χ1v) is 4.56. The van der Waals surface area contributed by atoms with Crippen molar-refractivity contribution >= 4 is 5.91 Å². The van der Waals surface area contributed by atoms with Crippen LogP contribution < -0.4 is 5.32 Å². The Labute approximate surface area is 74.0 Å². The minimum atomic E-state index is 0.0545. The van der Waals surface area contributed by atoms with Gasteiger partial charge in [0, 0.05) is 12.6 Å². The van der Waals surface area contributed by atoms with Gasteiger partial charge in [-0.2, -0.15) is 0 Å². The molecule has 0 saturated heterocycles. The molecule has 0 bridgehead atoms. The average Bonchev–Trinajstić information content (AvgIpc) is 1.94. The van der Waals surface area contributed by atoms with Crippen molar-refractivity contribution in [3.63, 3.8) is 0 Å². The summed E-state index contributed by atoms with van der Waals surface area (Å²) in [5.41, 5.74) is 2.50. The monoisotopic (exact) mass is 167 g/mol. The largest absolute Gasteiger partial charge is 0.330 e. The fourth-order valence-corrected chi connectivity index (χ4v) is 1.73. The molecule has 68 valence electrons. The molecule has 1 unspecified atom stereocenters. The molecule has 0 radical (unpaired) electrons. The van der Waals surface area contributed by atoms with Crippen LogP contribution in [0.3, 0.4) is 0 Å². The van der Waals surface area contributed by atoms with E-state index in [1.165, 1.54) is 12.0 Å². The van der Waals surface area contributed by atoms with Crippen LogP contribution in [0.1, 0.15) is 40.0 Å². The predicted molar refractivity (Wildman–Crippen MR) is 49.5 cm³/mol.